The number of nitrogen functional groups attached to an aromatic ring is 1. The third-order valence-electron chi connectivity index (χ3n) is 3.30. The van der Waals surface area contributed by atoms with Gasteiger partial charge in [0.05, 0.1) is 4.90 Å². The van der Waals surface area contributed by atoms with Gasteiger partial charge in [-0.1, -0.05) is 6.92 Å². The molecule has 1 saturated heterocycles. The molecule has 100 valence electrons. The molecule has 1 aliphatic heterocycles. The van der Waals surface area contributed by atoms with Crippen molar-refractivity contribution in [3.05, 3.63) is 24.3 Å². The average molecular weight is 269 g/mol. The quantitative estimate of drug-likeness (QED) is 0.816. The number of sulfonamides is 1. The Morgan fingerprint density at radius 3 is 2.17 bits per heavy atom. The zero-order valence-corrected chi connectivity index (χ0v) is 11.4. The largest absolute Gasteiger partial charge is 0.399 e. The van der Waals surface area contributed by atoms with E-state index in [1.807, 2.05) is 0 Å². The number of piperazine rings is 1. The lowest BCUT2D eigenvalue weighted by Gasteiger charge is -2.33. The molecule has 0 radical (unpaired) electrons. The molecule has 0 aliphatic carbocycles. The molecule has 0 spiro atoms. The van der Waals surface area contributed by atoms with Crippen LogP contribution in [0.1, 0.15) is 6.92 Å². The first kappa shape index (κ1) is 13.3. The van der Waals surface area contributed by atoms with Crippen LogP contribution >= 0.6 is 0 Å². The van der Waals surface area contributed by atoms with E-state index in [-0.39, 0.29) is 0 Å². The number of nitrogens with two attached hydrogens (primary N) is 1. The molecule has 1 heterocycles. The molecule has 0 saturated carbocycles. The second kappa shape index (κ2) is 5.26. The van der Waals surface area contributed by atoms with Crippen LogP contribution in [0.25, 0.3) is 0 Å². The van der Waals surface area contributed by atoms with Gasteiger partial charge in [-0.25, -0.2) is 8.42 Å². The van der Waals surface area contributed by atoms with Crippen LogP contribution in [-0.2, 0) is 10.0 Å². The highest BCUT2D eigenvalue weighted by Crippen LogP contribution is 2.18. The van der Waals surface area contributed by atoms with E-state index < -0.39 is 10.0 Å². The first-order chi connectivity index (χ1) is 8.54. The number of nitrogens with zero attached hydrogens (tertiary/aromatic N) is 2. The minimum atomic E-state index is -3.36. The number of hydrogen-bond donors (Lipinski definition) is 1. The van der Waals surface area contributed by atoms with Crippen molar-refractivity contribution in [1.29, 1.82) is 0 Å². The summed E-state index contributed by atoms with van der Waals surface area (Å²) in [6.07, 6.45) is 0. The summed E-state index contributed by atoms with van der Waals surface area (Å²) in [5.74, 6) is 0. The third kappa shape index (κ3) is 2.66. The molecule has 0 aromatic heterocycles. The fourth-order valence-corrected chi connectivity index (χ4v) is 3.50. The van der Waals surface area contributed by atoms with E-state index in [9.17, 15) is 8.42 Å². The summed E-state index contributed by atoms with van der Waals surface area (Å²) in [6, 6.07) is 6.37. The zero-order valence-electron chi connectivity index (χ0n) is 10.5. The van der Waals surface area contributed by atoms with Gasteiger partial charge in [0.1, 0.15) is 0 Å². The number of anilines is 1. The lowest BCUT2D eigenvalue weighted by Crippen LogP contribution is -2.48. The number of hydrogen-bond acceptors (Lipinski definition) is 4. The van der Waals surface area contributed by atoms with E-state index in [4.69, 9.17) is 5.73 Å². The summed E-state index contributed by atoms with van der Waals surface area (Å²) in [5, 5.41) is 0. The summed E-state index contributed by atoms with van der Waals surface area (Å²) in [7, 11) is -3.36. The Labute approximate surface area is 108 Å². The molecular weight excluding hydrogens is 250 g/mol. The van der Waals surface area contributed by atoms with Gasteiger partial charge in [-0.3, -0.25) is 0 Å². The third-order valence-corrected chi connectivity index (χ3v) is 5.21. The lowest BCUT2D eigenvalue weighted by molar-refractivity contribution is 0.196. The Bertz CT molecular complexity index is 491. The topological polar surface area (TPSA) is 66.6 Å². The lowest BCUT2D eigenvalue weighted by atomic mass is 10.3. The molecule has 6 heteroatoms. The maximum atomic E-state index is 12.4. The van der Waals surface area contributed by atoms with Gasteiger partial charge in [0.25, 0.3) is 0 Å². The van der Waals surface area contributed by atoms with Gasteiger partial charge < -0.3 is 10.6 Å². The summed E-state index contributed by atoms with van der Waals surface area (Å²) in [4.78, 5) is 2.57. The van der Waals surface area contributed by atoms with Crippen molar-refractivity contribution in [2.45, 2.75) is 11.8 Å². The monoisotopic (exact) mass is 269 g/mol. The van der Waals surface area contributed by atoms with E-state index in [2.05, 4.69) is 11.8 Å². The van der Waals surface area contributed by atoms with E-state index in [0.717, 1.165) is 19.6 Å². The fourth-order valence-electron chi connectivity index (χ4n) is 2.07. The molecular formula is C12H19N3O2S. The molecule has 1 aromatic rings. The number of rotatable bonds is 3. The predicted octanol–water partition coefficient (Wildman–Crippen LogP) is 0.595. The second-order valence-electron chi connectivity index (χ2n) is 4.41. The number of benzene rings is 1. The van der Waals surface area contributed by atoms with Gasteiger partial charge in [0.15, 0.2) is 0 Å². The van der Waals surface area contributed by atoms with Crippen molar-refractivity contribution in [1.82, 2.24) is 9.21 Å². The van der Waals surface area contributed by atoms with Crippen LogP contribution in [0.2, 0.25) is 0 Å². The van der Waals surface area contributed by atoms with Gasteiger partial charge in [-0.2, -0.15) is 4.31 Å². The van der Waals surface area contributed by atoms with Crippen LogP contribution in [0.15, 0.2) is 29.2 Å². The Morgan fingerprint density at radius 2 is 1.67 bits per heavy atom. The normalized spacial score (nSPS) is 18.9. The van der Waals surface area contributed by atoms with Gasteiger partial charge in [0, 0.05) is 31.9 Å². The minimum absolute atomic E-state index is 0.321. The highest BCUT2D eigenvalue weighted by Gasteiger charge is 2.27. The van der Waals surface area contributed by atoms with Crippen molar-refractivity contribution >= 4 is 15.7 Å². The molecule has 0 bridgehead atoms. The molecule has 0 atom stereocenters. The zero-order chi connectivity index (χ0) is 13.2. The van der Waals surface area contributed by atoms with Gasteiger partial charge in [-0.15, -0.1) is 0 Å². The van der Waals surface area contributed by atoms with Crippen molar-refractivity contribution in [2.75, 3.05) is 38.5 Å². The molecule has 2 rings (SSSR count). The fraction of sp³-hybridized carbons (Fsp3) is 0.500. The van der Waals surface area contributed by atoms with E-state index in [0.29, 0.717) is 23.7 Å². The molecule has 1 aliphatic rings. The standard InChI is InChI=1S/C12H19N3O2S/c1-2-14-7-9-15(10-8-14)18(16,17)12-5-3-11(13)4-6-12/h3-6H,2,7-10,13H2,1H3. The van der Waals surface area contributed by atoms with Crippen molar-refractivity contribution < 1.29 is 8.42 Å². The van der Waals surface area contributed by atoms with Gasteiger partial charge >= 0.3 is 0 Å². The Kier molecular flexibility index (Phi) is 3.89. The minimum Gasteiger partial charge on any atom is -0.399 e. The summed E-state index contributed by atoms with van der Waals surface area (Å²) in [5.41, 5.74) is 6.14. The average Bonchev–Trinajstić information content (AvgIpc) is 2.39. The van der Waals surface area contributed by atoms with Crippen LogP contribution in [0.5, 0.6) is 0 Å². The SMILES string of the molecule is CCN1CCN(S(=O)(=O)c2ccc(N)cc2)CC1. The molecule has 18 heavy (non-hydrogen) atoms. The van der Waals surface area contributed by atoms with Crippen LogP contribution in [0.4, 0.5) is 5.69 Å². The molecule has 0 unspecified atom stereocenters. The number of likely N-dealkylation sites (N-methyl/N-ethyl adjacent to an activating group) is 1. The molecule has 1 aromatic carbocycles. The molecule has 0 amide bonds. The highest BCUT2D eigenvalue weighted by molar-refractivity contribution is 7.89. The van der Waals surface area contributed by atoms with Crippen molar-refractivity contribution in [2.24, 2.45) is 0 Å². The smallest absolute Gasteiger partial charge is 0.243 e. The second-order valence-corrected chi connectivity index (χ2v) is 6.35. The Balaban J connectivity index is 2.15. The van der Waals surface area contributed by atoms with Crippen LogP contribution in [-0.4, -0.2) is 50.3 Å². The predicted molar refractivity (Wildman–Crippen MR) is 71.7 cm³/mol. The van der Waals surface area contributed by atoms with Crippen LogP contribution in [0, 0.1) is 0 Å². The van der Waals surface area contributed by atoms with Crippen LogP contribution in [0.3, 0.4) is 0 Å². The summed E-state index contributed by atoms with van der Waals surface area (Å²) in [6.45, 7) is 5.76. The highest BCUT2D eigenvalue weighted by atomic mass is 32.2. The maximum absolute atomic E-state index is 12.4. The maximum Gasteiger partial charge on any atom is 0.243 e. The van der Waals surface area contributed by atoms with Gasteiger partial charge in [0.2, 0.25) is 10.0 Å². The first-order valence-electron chi connectivity index (χ1n) is 6.12. The van der Waals surface area contributed by atoms with Crippen molar-refractivity contribution in [3.8, 4) is 0 Å². The van der Waals surface area contributed by atoms with E-state index >= 15 is 0 Å². The van der Waals surface area contributed by atoms with Crippen LogP contribution < -0.4 is 5.73 Å². The van der Waals surface area contributed by atoms with Crippen molar-refractivity contribution in [3.63, 3.8) is 0 Å². The first-order valence-corrected chi connectivity index (χ1v) is 7.56. The molecule has 5 nitrogen and oxygen atoms in total. The van der Waals surface area contributed by atoms with E-state index in [1.54, 1.807) is 28.6 Å². The summed E-state index contributed by atoms with van der Waals surface area (Å²) >= 11 is 0. The Morgan fingerprint density at radius 1 is 1.11 bits per heavy atom. The molecule has 2 N–H and O–H groups in total. The Hall–Kier alpha value is -1.11. The van der Waals surface area contributed by atoms with E-state index in [1.165, 1.54) is 0 Å². The van der Waals surface area contributed by atoms with Gasteiger partial charge in [-0.05, 0) is 30.8 Å². The molecule has 1 fully saturated rings. The summed E-state index contributed by atoms with van der Waals surface area (Å²) < 4.78 is 26.3.